The Kier molecular flexibility index (Phi) is 10.4. The lowest BCUT2D eigenvalue weighted by Gasteiger charge is -2.28. The minimum absolute atomic E-state index is 0.0426. The van der Waals surface area contributed by atoms with Crippen molar-refractivity contribution in [1.82, 2.24) is 4.90 Å². The molecule has 1 atom stereocenters. The number of likely N-dealkylation sites (N-methyl/N-ethyl adjacent to an activating group) is 1. The Hall–Kier alpha value is -2.31. The number of benzene rings is 1. The minimum Gasteiger partial charge on any atom is -0.444 e. The number of nitro groups is 1. The zero-order chi connectivity index (χ0) is 21.2. The largest absolute Gasteiger partial charge is 0.444 e. The Labute approximate surface area is 163 Å². The van der Waals surface area contributed by atoms with Crippen LogP contribution < -0.4 is 5.32 Å². The van der Waals surface area contributed by atoms with E-state index in [4.69, 9.17) is 4.74 Å². The van der Waals surface area contributed by atoms with Crippen LogP contribution in [0.15, 0.2) is 18.2 Å². The fourth-order valence-electron chi connectivity index (χ4n) is 2.50. The molecule has 1 aromatic carbocycles. The maximum absolute atomic E-state index is 12.2. The molecule has 0 saturated heterocycles. The first kappa shape index (κ1) is 24.7. The van der Waals surface area contributed by atoms with Crippen LogP contribution in [-0.2, 0) is 4.74 Å². The molecule has 0 bridgehead atoms. The Bertz CT molecular complexity index is 612. The van der Waals surface area contributed by atoms with Gasteiger partial charge in [-0.05, 0) is 39.7 Å². The number of amides is 1. The molecule has 1 amide bonds. The predicted octanol–water partition coefficient (Wildman–Crippen LogP) is 5.38. The zero-order valence-electron chi connectivity index (χ0n) is 18.0. The van der Waals surface area contributed by atoms with E-state index < -0.39 is 16.6 Å². The lowest BCUT2D eigenvalue weighted by Crippen LogP contribution is -2.41. The Morgan fingerprint density at radius 1 is 1.33 bits per heavy atom. The van der Waals surface area contributed by atoms with Crippen molar-refractivity contribution in [2.24, 2.45) is 0 Å². The molecule has 0 aliphatic rings. The molecule has 0 aromatic heterocycles. The van der Waals surface area contributed by atoms with Gasteiger partial charge < -0.3 is 15.0 Å². The zero-order valence-corrected chi connectivity index (χ0v) is 18.0. The van der Waals surface area contributed by atoms with Crippen molar-refractivity contribution in [2.45, 2.75) is 73.0 Å². The number of ether oxygens (including phenoxy) is 1. The highest BCUT2D eigenvalue weighted by Crippen LogP contribution is 2.29. The third kappa shape index (κ3) is 8.75. The number of aryl methyl sites for hydroxylation is 1. The number of nitrogens with one attached hydrogen (secondary N) is 1. The molecule has 0 radical (unpaired) electrons. The fourth-order valence-corrected chi connectivity index (χ4v) is 2.50. The van der Waals surface area contributed by atoms with Gasteiger partial charge >= 0.3 is 6.09 Å². The first-order valence-corrected chi connectivity index (χ1v) is 9.49. The van der Waals surface area contributed by atoms with Crippen molar-refractivity contribution in [3.05, 3.63) is 33.9 Å². The maximum atomic E-state index is 12.2. The van der Waals surface area contributed by atoms with Crippen molar-refractivity contribution in [3.63, 3.8) is 0 Å². The molecule has 0 saturated carbocycles. The molecule has 1 N–H and O–H groups in total. The summed E-state index contributed by atoms with van der Waals surface area (Å²) in [5, 5.41) is 14.5. The molecule has 0 fully saturated rings. The average molecular weight is 382 g/mol. The van der Waals surface area contributed by atoms with Crippen molar-refractivity contribution in [1.29, 1.82) is 0 Å². The topological polar surface area (TPSA) is 84.7 Å². The summed E-state index contributed by atoms with van der Waals surface area (Å²) in [6.07, 6.45) is 1.26. The lowest BCUT2D eigenvalue weighted by atomic mass is 10.1. The van der Waals surface area contributed by atoms with E-state index in [1.165, 1.54) is 11.0 Å². The van der Waals surface area contributed by atoms with E-state index in [0.29, 0.717) is 12.2 Å². The summed E-state index contributed by atoms with van der Waals surface area (Å²) >= 11 is 0. The van der Waals surface area contributed by atoms with Crippen LogP contribution in [0.5, 0.6) is 0 Å². The first-order valence-electron chi connectivity index (χ1n) is 9.49. The van der Waals surface area contributed by atoms with Crippen molar-refractivity contribution >= 4 is 17.5 Å². The van der Waals surface area contributed by atoms with Gasteiger partial charge in [-0.25, -0.2) is 4.79 Å². The van der Waals surface area contributed by atoms with Gasteiger partial charge in [-0.3, -0.25) is 10.1 Å². The van der Waals surface area contributed by atoms with Gasteiger partial charge in [0.2, 0.25) is 0 Å². The molecular weight excluding hydrogens is 346 g/mol. The Balaban J connectivity index is 0.00000326. The van der Waals surface area contributed by atoms with Crippen molar-refractivity contribution < 1.29 is 14.5 Å². The third-order valence-electron chi connectivity index (χ3n) is 3.63. The molecule has 0 aliphatic carbocycles. The van der Waals surface area contributed by atoms with Gasteiger partial charge in [-0.2, -0.15) is 0 Å². The van der Waals surface area contributed by atoms with Crippen LogP contribution in [0.2, 0.25) is 0 Å². The van der Waals surface area contributed by atoms with Crippen LogP contribution in [0.4, 0.5) is 16.2 Å². The predicted molar refractivity (Wildman–Crippen MR) is 110 cm³/mol. The van der Waals surface area contributed by atoms with Crippen LogP contribution >= 0.6 is 0 Å². The Morgan fingerprint density at radius 3 is 2.41 bits per heavy atom. The SMILES string of the molecule is CC.CCCC(CN(C)C(=O)OC(C)(C)C)Nc1c(C)cccc1[N+](=O)[O-]. The molecule has 1 aromatic rings. The summed E-state index contributed by atoms with van der Waals surface area (Å²) in [4.78, 5) is 24.6. The highest BCUT2D eigenvalue weighted by atomic mass is 16.6. The molecule has 1 unspecified atom stereocenters. The van der Waals surface area contributed by atoms with Gasteiger partial charge in [0.1, 0.15) is 11.3 Å². The second kappa shape index (κ2) is 11.4. The van der Waals surface area contributed by atoms with E-state index in [2.05, 4.69) is 5.32 Å². The fraction of sp³-hybridized carbons (Fsp3) is 0.650. The van der Waals surface area contributed by atoms with E-state index in [1.807, 2.05) is 54.5 Å². The molecular formula is C20H35N3O4. The summed E-state index contributed by atoms with van der Waals surface area (Å²) in [5.74, 6) is 0. The van der Waals surface area contributed by atoms with E-state index in [0.717, 1.165) is 18.4 Å². The van der Waals surface area contributed by atoms with Gasteiger partial charge in [0.25, 0.3) is 5.69 Å². The monoisotopic (exact) mass is 381 g/mol. The molecule has 7 nitrogen and oxygen atoms in total. The summed E-state index contributed by atoms with van der Waals surface area (Å²) in [6, 6.07) is 4.87. The minimum atomic E-state index is -0.562. The van der Waals surface area contributed by atoms with Crippen LogP contribution in [-0.4, -0.2) is 41.2 Å². The van der Waals surface area contributed by atoms with E-state index in [-0.39, 0.29) is 11.7 Å². The number of carbonyl (C=O) groups is 1. The second-order valence-corrected chi connectivity index (χ2v) is 7.22. The van der Waals surface area contributed by atoms with Gasteiger partial charge in [0.15, 0.2) is 0 Å². The summed E-state index contributed by atoms with van der Waals surface area (Å²) in [7, 11) is 1.67. The number of para-hydroxylation sites is 1. The van der Waals surface area contributed by atoms with Crippen LogP contribution in [0.1, 0.15) is 59.9 Å². The number of nitro benzene ring substituents is 1. The summed E-state index contributed by atoms with van der Waals surface area (Å²) < 4.78 is 5.37. The number of nitrogens with zero attached hydrogens (tertiary/aromatic N) is 2. The molecule has 27 heavy (non-hydrogen) atoms. The standard InChI is InChI=1S/C18H29N3O4.C2H6/c1-7-9-14(12-20(6)17(22)25-18(3,4)5)19-16-13(2)10-8-11-15(16)21(23)24;1-2/h8,10-11,14,19H,7,9,12H2,1-6H3;1-2H3. The second-order valence-electron chi connectivity index (χ2n) is 7.22. The van der Waals surface area contributed by atoms with Crippen LogP contribution in [0.3, 0.4) is 0 Å². The van der Waals surface area contributed by atoms with Gasteiger partial charge in [-0.1, -0.05) is 39.3 Å². The number of rotatable bonds is 7. The third-order valence-corrected chi connectivity index (χ3v) is 3.63. The molecule has 0 aliphatic heterocycles. The van der Waals surface area contributed by atoms with E-state index >= 15 is 0 Å². The normalized spacial score (nSPS) is 11.7. The molecule has 1 rings (SSSR count). The average Bonchev–Trinajstić information content (AvgIpc) is 2.56. The number of hydrogen-bond donors (Lipinski definition) is 1. The Morgan fingerprint density at radius 2 is 1.93 bits per heavy atom. The van der Waals surface area contributed by atoms with Crippen LogP contribution in [0, 0.1) is 17.0 Å². The lowest BCUT2D eigenvalue weighted by molar-refractivity contribution is -0.384. The highest BCUT2D eigenvalue weighted by molar-refractivity contribution is 5.69. The number of hydrogen-bond acceptors (Lipinski definition) is 5. The molecule has 0 spiro atoms. The van der Waals surface area contributed by atoms with E-state index in [9.17, 15) is 14.9 Å². The highest BCUT2D eigenvalue weighted by Gasteiger charge is 2.24. The summed E-state index contributed by atoms with van der Waals surface area (Å²) in [6.45, 7) is 13.7. The van der Waals surface area contributed by atoms with Crippen LogP contribution in [0.25, 0.3) is 0 Å². The van der Waals surface area contributed by atoms with Gasteiger partial charge in [0, 0.05) is 25.7 Å². The van der Waals surface area contributed by atoms with Gasteiger partial charge in [0.05, 0.1) is 4.92 Å². The first-order chi connectivity index (χ1) is 12.5. The molecule has 0 heterocycles. The quantitative estimate of drug-likeness (QED) is 0.506. The van der Waals surface area contributed by atoms with Crippen molar-refractivity contribution in [3.8, 4) is 0 Å². The molecule has 7 heteroatoms. The number of anilines is 1. The maximum Gasteiger partial charge on any atom is 0.410 e. The van der Waals surface area contributed by atoms with E-state index in [1.54, 1.807) is 13.1 Å². The number of carbonyl (C=O) groups excluding carboxylic acids is 1. The molecule has 154 valence electrons. The summed E-state index contributed by atoms with van der Waals surface area (Å²) in [5.41, 5.74) is 0.785. The smallest absolute Gasteiger partial charge is 0.410 e. The van der Waals surface area contributed by atoms with Crippen molar-refractivity contribution in [2.75, 3.05) is 18.9 Å². The van der Waals surface area contributed by atoms with Gasteiger partial charge in [-0.15, -0.1) is 0 Å².